The summed E-state index contributed by atoms with van der Waals surface area (Å²) in [5, 5.41) is 3.30. The zero-order valence-electron chi connectivity index (χ0n) is 11.0. The number of nitrogens with one attached hydrogen (secondary N) is 1. The third kappa shape index (κ3) is 2.93. The first kappa shape index (κ1) is 13.6. The number of hydrogen-bond donors (Lipinski definition) is 1. The monoisotopic (exact) mass is 267 g/mol. The molecule has 0 aliphatic carbocycles. The van der Waals surface area contributed by atoms with Crippen molar-refractivity contribution in [2.24, 2.45) is 5.92 Å². The van der Waals surface area contributed by atoms with Gasteiger partial charge in [-0.05, 0) is 43.9 Å². The molecule has 2 rings (SSSR count). The smallest absolute Gasteiger partial charge is 0.150 e. The van der Waals surface area contributed by atoms with Crippen LogP contribution in [-0.2, 0) is 9.84 Å². The highest BCUT2D eigenvalue weighted by Crippen LogP contribution is 2.32. The Balaban J connectivity index is 2.26. The molecule has 0 saturated carbocycles. The first-order valence-corrected chi connectivity index (χ1v) is 8.29. The molecule has 0 aromatic heterocycles. The van der Waals surface area contributed by atoms with Crippen LogP contribution in [0.3, 0.4) is 0 Å². The number of aryl methyl sites for hydroxylation is 1. The SMILES string of the molecule is CNC(c1ccccc1C)C1CCCS(=O)(=O)C1. The van der Waals surface area contributed by atoms with Gasteiger partial charge in [0.15, 0.2) is 9.84 Å². The third-order valence-corrected chi connectivity index (χ3v) is 5.65. The highest BCUT2D eigenvalue weighted by Gasteiger charge is 2.31. The van der Waals surface area contributed by atoms with Gasteiger partial charge in [-0.2, -0.15) is 0 Å². The summed E-state index contributed by atoms with van der Waals surface area (Å²) in [5.74, 6) is 0.857. The molecule has 2 atom stereocenters. The van der Waals surface area contributed by atoms with Gasteiger partial charge in [-0.15, -0.1) is 0 Å². The highest BCUT2D eigenvalue weighted by atomic mass is 32.2. The van der Waals surface area contributed by atoms with E-state index in [9.17, 15) is 8.42 Å². The minimum Gasteiger partial charge on any atom is -0.313 e. The second-order valence-corrected chi connectivity index (χ2v) is 7.37. The molecule has 1 N–H and O–H groups in total. The molecule has 1 saturated heterocycles. The van der Waals surface area contributed by atoms with E-state index in [4.69, 9.17) is 0 Å². The van der Waals surface area contributed by atoms with Gasteiger partial charge in [-0.3, -0.25) is 0 Å². The lowest BCUT2D eigenvalue weighted by Gasteiger charge is -2.31. The second-order valence-electron chi connectivity index (χ2n) is 5.14. The summed E-state index contributed by atoms with van der Waals surface area (Å²) in [6.07, 6.45) is 1.77. The molecule has 0 amide bonds. The maximum absolute atomic E-state index is 11.8. The summed E-state index contributed by atoms with van der Waals surface area (Å²) in [5.41, 5.74) is 2.45. The van der Waals surface area contributed by atoms with Crippen molar-refractivity contribution in [1.29, 1.82) is 0 Å². The van der Waals surface area contributed by atoms with Gasteiger partial charge < -0.3 is 5.32 Å². The van der Waals surface area contributed by atoms with E-state index in [2.05, 4.69) is 24.4 Å². The van der Waals surface area contributed by atoms with Crippen LogP contribution in [0.4, 0.5) is 0 Å². The summed E-state index contributed by atoms with van der Waals surface area (Å²) in [6, 6.07) is 8.35. The fourth-order valence-electron chi connectivity index (χ4n) is 2.90. The molecule has 2 unspecified atom stereocenters. The Kier molecular flexibility index (Phi) is 4.07. The first-order valence-electron chi connectivity index (χ1n) is 6.47. The number of sulfone groups is 1. The van der Waals surface area contributed by atoms with Crippen LogP contribution in [0, 0.1) is 12.8 Å². The predicted molar refractivity (Wildman–Crippen MR) is 74.4 cm³/mol. The van der Waals surface area contributed by atoms with Gasteiger partial charge in [-0.1, -0.05) is 24.3 Å². The highest BCUT2D eigenvalue weighted by molar-refractivity contribution is 7.91. The topological polar surface area (TPSA) is 46.2 Å². The van der Waals surface area contributed by atoms with E-state index in [1.165, 1.54) is 11.1 Å². The van der Waals surface area contributed by atoms with Gasteiger partial charge in [0.1, 0.15) is 0 Å². The van der Waals surface area contributed by atoms with Crippen molar-refractivity contribution < 1.29 is 8.42 Å². The maximum atomic E-state index is 11.8. The molecule has 1 heterocycles. The Morgan fingerprint density at radius 2 is 2.06 bits per heavy atom. The van der Waals surface area contributed by atoms with E-state index >= 15 is 0 Å². The number of hydrogen-bond acceptors (Lipinski definition) is 3. The summed E-state index contributed by atoms with van der Waals surface area (Å²) >= 11 is 0. The Bertz CT molecular complexity index is 510. The van der Waals surface area contributed by atoms with E-state index in [1.54, 1.807) is 0 Å². The normalized spacial score (nSPS) is 24.7. The molecule has 3 nitrogen and oxygen atoms in total. The number of rotatable bonds is 3. The van der Waals surface area contributed by atoms with Crippen LogP contribution >= 0.6 is 0 Å². The molecule has 0 radical (unpaired) electrons. The van der Waals surface area contributed by atoms with Crippen molar-refractivity contribution in [2.75, 3.05) is 18.6 Å². The summed E-state index contributed by atoms with van der Waals surface area (Å²) < 4.78 is 23.5. The maximum Gasteiger partial charge on any atom is 0.150 e. The molecule has 0 spiro atoms. The Morgan fingerprint density at radius 1 is 1.33 bits per heavy atom. The van der Waals surface area contributed by atoms with Gasteiger partial charge >= 0.3 is 0 Å². The molecule has 4 heteroatoms. The molecule has 100 valence electrons. The summed E-state index contributed by atoms with van der Waals surface area (Å²) in [4.78, 5) is 0. The van der Waals surface area contributed by atoms with Crippen LogP contribution in [0.25, 0.3) is 0 Å². The Morgan fingerprint density at radius 3 is 2.67 bits per heavy atom. The van der Waals surface area contributed by atoms with E-state index in [1.807, 2.05) is 19.2 Å². The van der Waals surface area contributed by atoms with Crippen molar-refractivity contribution >= 4 is 9.84 Å². The molecular weight excluding hydrogens is 246 g/mol. The minimum atomic E-state index is -2.85. The van der Waals surface area contributed by atoms with E-state index < -0.39 is 9.84 Å². The van der Waals surface area contributed by atoms with Gasteiger partial charge in [-0.25, -0.2) is 8.42 Å². The molecule has 1 fully saturated rings. The van der Waals surface area contributed by atoms with Crippen LogP contribution in [0.1, 0.15) is 30.0 Å². The van der Waals surface area contributed by atoms with Gasteiger partial charge in [0, 0.05) is 6.04 Å². The van der Waals surface area contributed by atoms with Crippen molar-refractivity contribution in [3.05, 3.63) is 35.4 Å². The van der Waals surface area contributed by atoms with Crippen molar-refractivity contribution in [3.63, 3.8) is 0 Å². The molecule has 1 aromatic carbocycles. The lowest BCUT2D eigenvalue weighted by atomic mass is 9.88. The van der Waals surface area contributed by atoms with Crippen LogP contribution in [0.2, 0.25) is 0 Å². The second kappa shape index (κ2) is 5.41. The van der Waals surface area contributed by atoms with Gasteiger partial charge in [0.2, 0.25) is 0 Å². The first-order chi connectivity index (χ1) is 8.53. The van der Waals surface area contributed by atoms with Crippen molar-refractivity contribution in [2.45, 2.75) is 25.8 Å². The van der Waals surface area contributed by atoms with E-state index in [-0.39, 0.29) is 12.0 Å². The fourth-order valence-corrected chi connectivity index (χ4v) is 4.69. The van der Waals surface area contributed by atoms with Crippen LogP contribution < -0.4 is 5.32 Å². The standard InChI is InChI=1S/C14H21NO2S/c1-11-6-3-4-8-13(11)14(15-2)12-7-5-9-18(16,17)10-12/h3-4,6,8,12,14-15H,5,7,9-10H2,1-2H3. The molecule has 1 aliphatic heterocycles. The van der Waals surface area contributed by atoms with E-state index in [0.29, 0.717) is 11.5 Å². The largest absolute Gasteiger partial charge is 0.313 e. The Labute approximate surface area is 110 Å². The number of benzene rings is 1. The minimum absolute atomic E-state index is 0.140. The van der Waals surface area contributed by atoms with Gasteiger partial charge in [0.05, 0.1) is 11.5 Å². The zero-order valence-corrected chi connectivity index (χ0v) is 11.8. The van der Waals surface area contributed by atoms with Gasteiger partial charge in [0.25, 0.3) is 0 Å². The van der Waals surface area contributed by atoms with Crippen LogP contribution in [-0.4, -0.2) is 27.0 Å². The van der Waals surface area contributed by atoms with Crippen molar-refractivity contribution in [1.82, 2.24) is 5.32 Å². The summed E-state index contributed by atoms with van der Waals surface area (Å²) in [6.45, 7) is 2.08. The molecule has 1 aliphatic rings. The van der Waals surface area contributed by atoms with Crippen LogP contribution in [0.5, 0.6) is 0 Å². The quantitative estimate of drug-likeness (QED) is 0.912. The van der Waals surface area contributed by atoms with Crippen LogP contribution in [0.15, 0.2) is 24.3 Å². The molecule has 18 heavy (non-hydrogen) atoms. The Hall–Kier alpha value is -0.870. The molecular formula is C14H21NO2S. The predicted octanol–water partition coefficient (Wildman–Crippen LogP) is 2.08. The average molecular weight is 267 g/mol. The van der Waals surface area contributed by atoms with E-state index in [0.717, 1.165) is 12.8 Å². The molecule has 1 aromatic rings. The fraction of sp³-hybridized carbons (Fsp3) is 0.571. The third-order valence-electron chi connectivity index (χ3n) is 3.80. The van der Waals surface area contributed by atoms with Crippen molar-refractivity contribution in [3.8, 4) is 0 Å². The lowest BCUT2D eigenvalue weighted by molar-refractivity contribution is 0.371. The average Bonchev–Trinajstić information content (AvgIpc) is 2.31. The zero-order chi connectivity index (χ0) is 13.2. The summed E-state index contributed by atoms with van der Waals surface area (Å²) in [7, 11) is -0.933. The molecule has 0 bridgehead atoms. The lowest BCUT2D eigenvalue weighted by Crippen LogP contribution is -2.35.